The Morgan fingerprint density at radius 2 is 2.31 bits per heavy atom. The lowest BCUT2D eigenvalue weighted by molar-refractivity contribution is -0.136. The maximum Gasteiger partial charge on any atom is 0.308 e. The van der Waals surface area contributed by atoms with Gasteiger partial charge in [-0.2, -0.15) is 0 Å². The molecule has 1 aromatic rings. The molecule has 1 N–H and O–H groups in total. The molecular formula is C9H8ClF2NO3. The molecule has 0 aliphatic heterocycles. The predicted molar refractivity (Wildman–Crippen MR) is 52.1 cm³/mol. The SMILES string of the molecule is COc1nc(C(F)F)c(Cl)cc1CC(=O)O. The Bertz CT molecular complexity index is 412. The number of hydrogen-bond acceptors (Lipinski definition) is 3. The summed E-state index contributed by atoms with van der Waals surface area (Å²) in [5.74, 6) is -1.27. The van der Waals surface area contributed by atoms with E-state index in [1.54, 1.807) is 0 Å². The summed E-state index contributed by atoms with van der Waals surface area (Å²) in [4.78, 5) is 14.0. The summed E-state index contributed by atoms with van der Waals surface area (Å²) in [5, 5.41) is 8.31. The van der Waals surface area contributed by atoms with Crippen LogP contribution in [0.4, 0.5) is 8.78 Å². The van der Waals surface area contributed by atoms with E-state index in [0.717, 1.165) is 6.07 Å². The molecule has 7 heteroatoms. The number of aliphatic carboxylic acids is 1. The van der Waals surface area contributed by atoms with E-state index in [1.807, 2.05) is 0 Å². The van der Waals surface area contributed by atoms with Crippen LogP contribution in [0.2, 0.25) is 5.02 Å². The van der Waals surface area contributed by atoms with Crippen molar-refractivity contribution in [2.45, 2.75) is 12.8 Å². The number of methoxy groups -OCH3 is 1. The molecule has 4 nitrogen and oxygen atoms in total. The van der Waals surface area contributed by atoms with Gasteiger partial charge in [0, 0.05) is 5.56 Å². The molecule has 1 aromatic heterocycles. The molecule has 1 heterocycles. The van der Waals surface area contributed by atoms with Gasteiger partial charge in [-0.15, -0.1) is 0 Å². The summed E-state index contributed by atoms with van der Waals surface area (Å²) in [6.45, 7) is 0. The predicted octanol–water partition coefficient (Wildman–Crippen LogP) is 2.31. The molecule has 0 aliphatic rings. The maximum absolute atomic E-state index is 12.4. The van der Waals surface area contributed by atoms with E-state index in [4.69, 9.17) is 21.4 Å². The molecule has 0 unspecified atom stereocenters. The Morgan fingerprint density at radius 1 is 1.69 bits per heavy atom. The van der Waals surface area contributed by atoms with Crippen molar-refractivity contribution in [3.05, 3.63) is 22.3 Å². The summed E-state index contributed by atoms with van der Waals surface area (Å²) < 4.78 is 29.6. The summed E-state index contributed by atoms with van der Waals surface area (Å²) in [5.41, 5.74) is -0.461. The Labute approximate surface area is 94.8 Å². The van der Waals surface area contributed by atoms with E-state index in [-0.39, 0.29) is 22.9 Å². The fraction of sp³-hybridized carbons (Fsp3) is 0.333. The van der Waals surface area contributed by atoms with Gasteiger partial charge < -0.3 is 9.84 Å². The zero-order valence-corrected chi connectivity index (χ0v) is 8.96. The van der Waals surface area contributed by atoms with Crippen LogP contribution in [-0.4, -0.2) is 23.2 Å². The number of carbonyl (C=O) groups is 1. The minimum atomic E-state index is -2.83. The quantitative estimate of drug-likeness (QED) is 0.892. The van der Waals surface area contributed by atoms with Crippen LogP contribution in [-0.2, 0) is 11.2 Å². The Morgan fingerprint density at radius 3 is 2.75 bits per heavy atom. The van der Waals surface area contributed by atoms with Crippen LogP contribution in [0.15, 0.2) is 6.07 Å². The lowest BCUT2D eigenvalue weighted by Crippen LogP contribution is -2.06. The van der Waals surface area contributed by atoms with Gasteiger partial charge in [-0.3, -0.25) is 4.79 Å². The van der Waals surface area contributed by atoms with Gasteiger partial charge >= 0.3 is 5.97 Å². The molecule has 0 saturated heterocycles. The molecule has 1 rings (SSSR count). The first-order valence-corrected chi connectivity index (χ1v) is 4.56. The van der Waals surface area contributed by atoms with Crippen molar-refractivity contribution >= 4 is 17.6 Å². The second kappa shape index (κ2) is 5.07. The van der Waals surface area contributed by atoms with Gasteiger partial charge in [-0.05, 0) is 6.07 Å². The van der Waals surface area contributed by atoms with E-state index in [1.165, 1.54) is 7.11 Å². The number of aromatic nitrogens is 1. The van der Waals surface area contributed by atoms with E-state index < -0.39 is 18.1 Å². The second-order valence-electron chi connectivity index (χ2n) is 2.90. The Kier molecular flexibility index (Phi) is 4.00. The fourth-order valence-corrected chi connectivity index (χ4v) is 1.40. The van der Waals surface area contributed by atoms with Gasteiger partial charge in [-0.1, -0.05) is 11.6 Å². The third-order valence-corrected chi connectivity index (χ3v) is 2.09. The van der Waals surface area contributed by atoms with Gasteiger partial charge in [0.1, 0.15) is 5.69 Å². The van der Waals surface area contributed by atoms with E-state index in [9.17, 15) is 13.6 Å². The minimum Gasteiger partial charge on any atom is -0.481 e. The highest BCUT2D eigenvalue weighted by Gasteiger charge is 2.19. The second-order valence-corrected chi connectivity index (χ2v) is 3.30. The molecule has 0 atom stereocenters. The van der Waals surface area contributed by atoms with Crippen molar-refractivity contribution < 1.29 is 23.4 Å². The first kappa shape index (κ1) is 12.6. The molecule has 0 saturated carbocycles. The number of carboxylic acid groups (broad SMARTS) is 1. The fourth-order valence-electron chi connectivity index (χ4n) is 1.14. The number of alkyl halides is 2. The number of halogens is 3. The van der Waals surface area contributed by atoms with Gasteiger partial charge in [-0.25, -0.2) is 13.8 Å². The third-order valence-electron chi connectivity index (χ3n) is 1.78. The van der Waals surface area contributed by atoms with Crippen LogP contribution in [0.25, 0.3) is 0 Å². The monoisotopic (exact) mass is 251 g/mol. The van der Waals surface area contributed by atoms with Crippen molar-refractivity contribution in [1.29, 1.82) is 0 Å². The van der Waals surface area contributed by atoms with Gasteiger partial charge in [0.2, 0.25) is 5.88 Å². The molecule has 0 spiro atoms. The molecule has 0 aromatic carbocycles. The molecule has 0 bridgehead atoms. The molecule has 88 valence electrons. The molecule has 0 radical (unpaired) electrons. The van der Waals surface area contributed by atoms with Gasteiger partial charge in [0.15, 0.2) is 0 Å². The summed E-state index contributed by atoms with van der Waals surface area (Å²) in [6.07, 6.45) is -3.22. The summed E-state index contributed by atoms with van der Waals surface area (Å²) >= 11 is 5.55. The lowest BCUT2D eigenvalue weighted by atomic mass is 10.2. The number of ether oxygens (including phenoxy) is 1. The first-order valence-electron chi connectivity index (χ1n) is 4.19. The van der Waals surface area contributed by atoms with Crippen molar-refractivity contribution in [3.8, 4) is 5.88 Å². The number of nitrogens with zero attached hydrogens (tertiary/aromatic N) is 1. The maximum atomic E-state index is 12.4. The van der Waals surface area contributed by atoms with Crippen molar-refractivity contribution in [3.63, 3.8) is 0 Å². The number of pyridine rings is 1. The van der Waals surface area contributed by atoms with Gasteiger partial charge in [0.25, 0.3) is 6.43 Å². The normalized spacial score (nSPS) is 10.6. The topological polar surface area (TPSA) is 59.4 Å². The van der Waals surface area contributed by atoms with Crippen LogP contribution >= 0.6 is 11.6 Å². The number of carboxylic acids is 1. The Hall–Kier alpha value is -1.43. The van der Waals surface area contributed by atoms with Crippen LogP contribution in [0, 0.1) is 0 Å². The highest BCUT2D eigenvalue weighted by atomic mass is 35.5. The van der Waals surface area contributed by atoms with Crippen LogP contribution in [0.5, 0.6) is 5.88 Å². The Balaban J connectivity index is 3.20. The molecule has 16 heavy (non-hydrogen) atoms. The minimum absolute atomic E-state index is 0.151. The van der Waals surface area contributed by atoms with Crippen LogP contribution in [0.1, 0.15) is 17.7 Å². The molecule has 0 aliphatic carbocycles. The smallest absolute Gasteiger partial charge is 0.308 e. The van der Waals surface area contributed by atoms with Crippen LogP contribution < -0.4 is 4.74 Å². The van der Waals surface area contributed by atoms with E-state index in [2.05, 4.69) is 4.98 Å². The average Bonchev–Trinajstić information content (AvgIpc) is 2.16. The third kappa shape index (κ3) is 2.79. The zero-order valence-electron chi connectivity index (χ0n) is 8.21. The standard InChI is InChI=1S/C9H8ClF2NO3/c1-16-9-4(3-6(14)15)2-5(10)7(13-9)8(11)12/h2,8H,3H2,1H3,(H,14,15). The highest BCUT2D eigenvalue weighted by Crippen LogP contribution is 2.30. The van der Waals surface area contributed by atoms with E-state index in [0.29, 0.717) is 0 Å². The lowest BCUT2D eigenvalue weighted by Gasteiger charge is -2.09. The number of rotatable bonds is 4. The molecule has 0 fully saturated rings. The molecular weight excluding hydrogens is 244 g/mol. The molecule has 0 amide bonds. The summed E-state index contributed by atoms with van der Waals surface area (Å²) in [6, 6.07) is 1.13. The van der Waals surface area contributed by atoms with Crippen molar-refractivity contribution in [2.24, 2.45) is 0 Å². The first-order chi connectivity index (χ1) is 7.45. The van der Waals surface area contributed by atoms with Crippen LogP contribution in [0.3, 0.4) is 0 Å². The van der Waals surface area contributed by atoms with Crippen molar-refractivity contribution in [2.75, 3.05) is 7.11 Å². The largest absolute Gasteiger partial charge is 0.481 e. The van der Waals surface area contributed by atoms with Crippen molar-refractivity contribution in [1.82, 2.24) is 4.98 Å². The summed E-state index contributed by atoms with van der Waals surface area (Å²) in [7, 11) is 1.22. The zero-order chi connectivity index (χ0) is 12.3. The highest BCUT2D eigenvalue weighted by molar-refractivity contribution is 6.31. The van der Waals surface area contributed by atoms with Gasteiger partial charge in [0.05, 0.1) is 18.6 Å². The number of hydrogen-bond donors (Lipinski definition) is 1. The average molecular weight is 252 g/mol. The van der Waals surface area contributed by atoms with E-state index >= 15 is 0 Å².